The van der Waals surface area contributed by atoms with Gasteiger partial charge in [-0.2, -0.15) is 0 Å². The molecule has 1 aromatic rings. The molecule has 0 radical (unpaired) electrons. The molecular weight excluding hydrogens is 296 g/mol. The summed E-state index contributed by atoms with van der Waals surface area (Å²) in [5, 5.41) is 2.61. The standard InChI is InChI=1S/C13H15BrN2O2/c1-9-6-12(17)15-7-13(18)16(9)8-10-2-4-11(14)5-3-10/h2-5,9H,6-8H2,1H3,(H,15,17). The highest BCUT2D eigenvalue weighted by Gasteiger charge is 2.26. The largest absolute Gasteiger partial charge is 0.347 e. The van der Waals surface area contributed by atoms with Crippen molar-refractivity contribution in [3.63, 3.8) is 0 Å². The first-order chi connectivity index (χ1) is 8.56. The van der Waals surface area contributed by atoms with Crippen molar-refractivity contribution >= 4 is 27.7 Å². The van der Waals surface area contributed by atoms with Crippen LogP contribution in [0.1, 0.15) is 18.9 Å². The lowest BCUT2D eigenvalue weighted by atomic mass is 10.1. The highest BCUT2D eigenvalue weighted by molar-refractivity contribution is 9.10. The van der Waals surface area contributed by atoms with Gasteiger partial charge in [-0.1, -0.05) is 28.1 Å². The van der Waals surface area contributed by atoms with Crippen LogP contribution in [-0.2, 0) is 16.1 Å². The van der Waals surface area contributed by atoms with E-state index in [1.54, 1.807) is 4.90 Å². The Hall–Kier alpha value is -1.36. The van der Waals surface area contributed by atoms with Crippen LogP contribution in [0, 0.1) is 0 Å². The van der Waals surface area contributed by atoms with E-state index in [1.165, 1.54) is 0 Å². The van der Waals surface area contributed by atoms with Gasteiger partial charge in [-0.25, -0.2) is 0 Å². The van der Waals surface area contributed by atoms with Crippen molar-refractivity contribution in [2.24, 2.45) is 0 Å². The van der Waals surface area contributed by atoms with Gasteiger partial charge in [0, 0.05) is 23.5 Å². The molecule has 2 rings (SSSR count). The Labute approximate surface area is 114 Å². The first-order valence-corrected chi connectivity index (χ1v) is 6.66. The number of amides is 2. The fourth-order valence-corrected chi connectivity index (χ4v) is 2.27. The van der Waals surface area contributed by atoms with Gasteiger partial charge in [-0.15, -0.1) is 0 Å². The summed E-state index contributed by atoms with van der Waals surface area (Å²) in [6.07, 6.45) is 0.363. The predicted octanol–water partition coefficient (Wildman–Crippen LogP) is 1.69. The lowest BCUT2D eigenvalue weighted by Crippen LogP contribution is -2.39. The fraction of sp³-hybridized carbons (Fsp3) is 0.385. The number of nitrogens with one attached hydrogen (secondary N) is 1. The number of benzene rings is 1. The summed E-state index contributed by atoms with van der Waals surface area (Å²) in [4.78, 5) is 25.1. The predicted molar refractivity (Wildman–Crippen MR) is 71.8 cm³/mol. The average molecular weight is 311 g/mol. The van der Waals surface area contributed by atoms with E-state index >= 15 is 0 Å². The molecule has 1 atom stereocenters. The number of halogens is 1. The van der Waals surface area contributed by atoms with Crippen molar-refractivity contribution in [3.05, 3.63) is 34.3 Å². The van der Waals surface area contributed by atoms with Gasteiger partial charge in [0.2, 0.25) is 11.8 Å². The SMILES string of the molecule is CC1CC(=O)NCC(=O)N1Cc1ccc(Br)cc1. The molecule has 1 aliphatic rings. The third-order valence-electron chi connectivity index (χ3n) is 3.04. The van der Waals surface area contributed by atoms with Crippen LogP contribution in [0.2, 0.25) is 0 Å². The van der Waals surface area contributed by atoms with Gasteiger partial charge < -0.3 is 10.2 Å². The zero-order valence-corrected chi connectivity index (χ0v) is 11.7. The molecule has 18 heavy (non-hydrogen) atoms. The molecule has 2 amide bonds. The Morgan fingerprint density at radius 3 is 2.67 bits per heavy atom. The van der Waals surface area contributed by atoms with Crippen molar-refractivity contribution in [2.45, 2.75) is 25.9 Å². The zero-order chi connectivity index (χ0) is 13.1. The van der Waals surface area contributed by atoms with Crippen LogP contribution in [0.15, 0.2) is 28.7 Å². The average Bonchev–Trinajstić information content (AvgIpc) is 2.45. The van der Waals surface area contributed by atoms with Crippen molar-refractivity contribution in [2.75, 3.05) is 6.54 Å². The Morgan fingerprint density at radius 1 is 1.33 bits per heavy atom. The maximum atomic E-state index is 11.9. The van der Waals surface area contributed by atoms with E-state index in [0.29, 0.717) is 13.0 Å². The smallest absolute Gasteiger partial charge is 0.242 e. The van der Waals surface area contributed by atoms with E-state index in [2.05, 4.69) is 21.2 Å². The summed E-state index contributed by atoms with van der Waals surface area (Å²) in [7, 11) is 0. The molecule has 1 heterocycles. The van der Waals surface area contributed by atoms with Crippen LogP contribution in [0.5, 0.6) is 0 Å². The van der Waals surface area contributed by atoms with E-state index in [4.69, 9.17) is 0 Å². The molecule has 0 bridgehead atoms. The summed E-state index contributed by atoms with van der Waals surface area (Å²) in [5.41, 5.74) is 1.06. The highest BCUT2D eigenvalue weighted by atomic mass is 79.9. The molecule has 0 spiro atoms. The topological polar surface area (TPSA) is 49.4 Å². The molecule has 1 N–H and O–H groups in total. The quantitative estimate of drug-likeness (QED) is 0.903. The van der Waals surface area contributed by atoms with Crippen LogP contribution in [-0.4, -0.2) is 29.3 Å². The molecule has 1 fully saturated rings. The lowest BCUT2D eigenvalue weighted by molar-refractivity contribution is -0.132. The normalized spacial score (nSPS) is 20.6. The lowest BCUT2D eigenvalue weighted by Gasteiger charge is -2.26. The second-order valence-corrected chi connectivity index (χ2v) is 5.39. The number of carbonyl (C=O) groups excluding carboxylic acids is 2. The Kier molecular flexibility index (Phi) is 4.01. The maximum Gasteiger partial charge on any atom is 0.242 e. The highest BCUT2D eigenvalue weighted by Crippen LogP contribution is 2.16. The molecule has 0 saturated carbocycles. The summed E-state index contributed by atoms with van der Waals surface area (Å²) < 4.78 is 1.01. The minimum atomic E-state index is -0.0661. The van der Waals surface area contributed by atoms with E-state index in [-0.39, 0.29) is 24.4 Å². The molecule has 4 nitrogen and oxygen atoms in total. The fourth-order valence-electron chi connectivity index (χ4n) is 2.00. The Balaban J connectivity index is 2.12. The van der Waals surface area contributed by atoms with Crippen LogP contribution in [0.4, 0.5) is 0 Å². The van der Waals surface area contributed by atoms with Gasteiger partial charge in [0.1, 0.15) is 0 Å². The van der Waals surface area contributed by atoms with Gasteiger partial charge in [0.25, 0.3) is 0 Å². The number of hydrogen-bond acceptors (Lipinski definition) is 2. The number of nitrogens with zero attached hydrogens (tertiary/aromatic N) is 1. The van der Waals surface area contributed by atoms with Gasteiger partial charge in [0.05, 0.1) is 6.54 Å². The van der Waals surface area contributed by atoms with Crippen molar-refractivity contribution < 1.29 is 9.59 Å². The first kappa shape index (κ1) is 13.1. The first-order valence-electron chi connectivity index (χ1n) is 5.87. The van der Waals surface area contributed by atoms with Crippen LogP contribution in [0.3, 0.4) is 0 Å². The molecule has 0 aliphatic carbocycles. The zero-order valence-electron chi connectivity index (χ0n) is 10.1. The number of carbonyl (C=O) groups is 2. The third kappa shape index (κ3) is 3.10. The summed E-state index contributed by atoms with van der Waals surface area (Å²) in [6, 6.07) is 7.79. The molecule has 1 aliphatic heterocycles. The van der Waals surface area contributed by atoms with Crippen molar-refractivity contribution in [1.29, 1.82) is 0 Å². The second-order valence-electron chi connectivity index (χ2n) is 4.48. The van der Waals surface area contributed by atoms with Crippen molar-refractivity contribution in [3.8, 4) is 0 Å². The van der Waals surface area contributed by atoms with Gasteiger partial charge >= 0.3 is 0 Å². The van der Waals surface area contributed by atoms with E-state index in [0.717, 1.165) is 10.0 Å². The molecule has 1 saturated heterocycles. The van der Waals surface area contributed by atoms with Gasteiger partial charge in [-0.05, 0) is 24.6 Å². The molecule has 1 unspecified atom stereocenters. The minimum Gasteiger partial charge on any atom is -0.347 e. The van der Waals surface area contributed by atoms with Crippen molar-refractivity contribution in [1.82, 2.24) is 10.2 Å². The Bertz CT molecular complexity index is 459. The summed E-state index contributed by atoms with van der Waals surface area (Å²) in [6.45, 7) is 2.55. The monoisotopic (exact) mass is 310 g/mol. The minimum absolute atomic E-state index is 0.0312. The number of rotatable bonds is 2. The van der Waals surface area contributed by atoms with Crippen LogP contribution < -0.4 is 5.32 Å². The van der Waals surface area contributed by atoms with Gasteiger partial charge in [-0.3, -0.25) is 9.59 Å². The van der Waals surface area contributed by atoms with E-state index < -0.39 is 0 Å². The molecule has 5 heteroatoms. The molecular formula is C13H15BrN2O2. The molecule has 0 aromatic heterocycles. The van der Waals surface area contributed by atoms with E-state index in [1.807, 2.05) is 31.2 Å². The van der Waals surface area contributed by atoms with Gasteiger partial charge in [0.15, 0.2) is 0 Å². The van der Waals surface area contributed by atoms with Crippen LogP contribution >= 0.6 is 15.9 Å². The third-order valence-corrected chi connectivity index (χ3v) is 3.56. The van der Waals surface area contributed by atoms with E-state index in [9.17, 15) is 9.59 Å². The summed E-state index contributed by atoms with van der Waals surface area (Å²) >= 11 is 3.38. The number of hydrogen-bond donors (Lipinski definition) is 1. The molecule has 1 aromatic carbocycles. The summed E-state index contributed by atoms with van der Waals surface area (Å²) in [5.74, 6) is -0.0922. The second kappa shape index (κ2) is 5.52. The Morgan fingerprint density at radius 2 is 2.00 bits per heavy atom. The van der Waals surface area contributed by atoms with Crippen LogP contribution in [0.25, 0.3) is 0 Å². The molecule has 96 valence electrons. The maximum absolute atomic E-state index is 11.9.